The van der Waals surface area contributed by atoms with Crippen molar-refractivity contribution in [1.82, 2.24) is 10.1 Å². The predicted molar refractivity (Wildman–Crippen MR) is 118 cm³/mol. The lowest BCUT2D eigenvalue weighted by atomic mass is 10.1. The van der Waals surface area contributed by atoms with Crippen LogP contribution in [0.4, 0.5) is 5.69 Å². The van der Waals surface area contributed by atoms with Gasteiger partial charge in [-0.2, -0.15) is 0 Å². The van der Waals surface area contributed by atoms with Crippen LogP contribution in [0.25, 0.3) is 10.9 Å². The van der Waals surface area contributed by atoms with Gasteiger partial charge in [0.15, 0.2) is 11.5 Å². The highest BCUT2D eigenvalue weighted by Crippen LogP contribution is 2.31. The number of nitrogens with zero attached hydrogens (tertiary/aromatic N) is 2. The molecule has 0 aliphatic carbocycles. The number of hydrogen-bond donors (Lipinski definition) is 1. The fourth-order valence-electron chi connectivity index (χ4n) is 3.07. The molecule has 7 nitrogen and oxygen atoms in total. The molecule has 0 unspecified atom stereocenters. The van der Waals surface area contributed by atoms with E-state index in [1.807, 2.05) is 50.2 Å². The molecule has 0 saturated heterocycles. The molecule has 0 aliphatic rings. The van der Waals surface area contributed by atoms with Gasteiger partial charge in [0.2, 0.25) is 5.76 Å². The molecule has 7 heteroatoms. The molecule has 31 heavy (non-hydrogen) atoms. The number of aromatic nitrogens is 2. The van der Waals surface area contributed by atoms with Crippen LogP contribution < -0.4 is 14.8 Å². The van der Waals surface area contributed by atoms with Gasteiger partial charge in [0.1, 0.15) is 6.61 Å². The molecule has 4 rings (SSSR count). The number of para-hydroxylation sites is 1. The summed E-state index contributed by atoms with van der Waals surface area (Å²) in [5, 5.41) is 7.79. The van der Waals surface area contributed by atoms with Crippen molar-refractivity contribution in [3.05, 3.63) is 77.8 Å². The highest BCUT2D eigenvalue weighted by atomic mass is 16.5. The van der Waals surface area contributed by atoms with E-state index in [0.717, 1.165) is 22.3 Å². The summed E-state index contributed by atoms with van der Waals surface area (Å²) in [4.78, 5) is 17.1. The number of ether oxygens (including phenoxy) is 2. The van der Waals surface area contributed by atoms with E-state index in [1.165, 1.54) is 0 Å². The standard InChI is InChI=1S/C24H23N3O4/c1-15(2)20-13-23(31-27-20)24(28)26-17-10-11-21(29-3)22(12-17)30-14-18-9-8-16-6-4-5-7-19(16)25-18/h4-13,15H,14H2,1-3H3,(H,26,28). The van der Waals surface area contributed by atoms with Crippen molar-refractivity contribution in [2.75, 3.05) is 12.4 Å². The Bertz CT molecular complexity index is 1220. The normalized spacial score (nSPS) is 11.0. The first-order valence-corrected chi connectivity index (χ1v) is 9.97. The minimum atomic E-state index is -0.383. The molecule has 0 radical (unpaired) electrons. The molecule has 0 fully saturated rings. The third-order valence-corrected chi connectivity index (χ3v) is 4.80. The maximum absolute atomic E-state index is 12.5. The third-order valence-electron chi connectivity index (χ3n) is 4.80. The number of benzene rings is 2. The number of fused-ring (bicyclic) bond motifs is 1. The van der Waals surface area contributed by atoms with Crippen LogP contribution in [0.5, 0.6) is 11.5 Å². The van der Waals surface area contributed by atoms with Gasteiger partial charge in [-0.3, -0.25) is 4.79 Å². The molecule has 2 aromatic carbocycles. The van der Waals surface area contributed by atoms with Gasteiger partial charge < -0.3 is 19.3 Å². The zero-order chi connectivity index (χ0) is 21.8. The number of carbonyl (C=O) groups excluding carboxylic acids is 1. The van der Waals surface area contributed by atoms with E-state index >= 15 is 0 Å². The van der Waals surface area contributed by atoms with Crippen LogP contribution in [0, 0.1) is 0 Å². The maximum atomic E-state index is 12.5. The van der Waals surface area contributed by atoms with Gasteiger partial charge in [-0.15, -0.1) is 0 Å². The molecule has 2 aromatic heterocycles. The van der Waals surface area contributed by atoms with E-state index in [-0.39, 0.29) is 24.2 Å². The lowest BCUT2D eigenvalue weighted by Crippen LogP contribution is -2.11. The quantitative estimate of drug-likeness (QED) is 0.446. The summed E-state index contributed by atoms with van der Waals surface area (Å²) < 4.78 is 16.5. The largest absolute Gasteiger partial charge is 0.493 e. The topological polar surface area (TPSA) is 86.5 Å². The summed E-state index contributed by atoms with van der Waals surface area (Å²) in [5.41, 5.74) is 2.98. The number of nitrogens with one attached hydrogen (secondary N) is 1. The molecule has 4 aromatic rings. The molecule has 0 spiro atoms. The Hall–Kier alpha value is -3.87. The van der Waals surface area contributed by atoms with Crippen molar-refractivity contribution in [2.24, 2.45) is 0 Å². The van der Waals surface area contributed by atoms with Gasteiger partial charge >= 0.3 is 0 Å². The summed E-state index contributed by atoms with van der Waals surface area (Å²) in [6.07, 6.45) is 0. The minimum Gasteiger partial charge on any atom is -0.493 e. The van der Waals surface area contributed by atoms with E-state index in [9.17, 15) is 4.79 Å². The second-order valence-corrected chi connectivity index (χ2v) is 7.37. The number of rotatable bonds is 7. The van der Waals surface area contributed by atoms with E-state index in [4.69, 9.17) is 14.0 Å². The van der Waals surface area contributed by atoms with Crippen molar-refractivity contribution in [2.45, 2.75) is 26.4 Å². The first-order valence-electron chi connectivity index (χ1n) is 9.97. The fraction of sp³-hybridized carbons (Fsp3) is 0.208. The lowest BCUT2D eigenvalue weighted by Gasteiger charge is -2.13. The second-order valence-electron chi connectivity index (χ2n) is 7.37. The van der Waals surface area contributed by atoms with E-state index < -0.39 is 0 Å². The summed E-state index contributed by atoms with van der Waals surface area (Å²) >= 11 is 0. The van der Waals surface area contributed by atoms with Crippen molar-refractivity contribution in [3.63, 3.8) is 0 Å². The first kappa shape index (κ1) is 20.4. The maximum Gasteiger partial charge on any atom is 0.294 e. The van der Waals surface area contributed by atoms with Gasteiger partial charge in [-0.05, 0) is 30.2 Å². The third kappa shape index (κ3) is 4.66. The molecule has 1 amide bonds. The highest BCUT2D eigenvalue weighted by molar-refractivity contribution is 6.02. The zero-order valence-corrected chi connectivity index (χ0v) is 17.6. The molecule has 2 heterocycles. The second kappa shape index (κ2) is 8.87. The number of amides is 1. The van der Waals surface area contributed by atoms with Gasteiger partial charge in [0.25, 0.3) is 5.91 Å². The Morgan fingerprint density at radius 2 is 1.90 bits per heavy atom. The fourth-order valence-corrected chi connectivity index (χ4v) is 3.07. The predicted octanol–water partition coefficient (Wildman–Crippen LogP) is 5.19. The van der Waals surface area contributed by atoms with Crippen LogP contribution in [-0.2, 0) is 6.61 Å². The van der Waals surface area contributed by atoms with Crippen molar-refractivity contribution < 1.29 is 18.8 Å². The van der Waals surface area contributed by atoms with Crippen LogP contribution in [0.3, 0.4) is 0 Å². The Kier molecular flexibility index (Phi) is 5.84. The molecular weight excluding hydrogens is 394 g/mol. The summed E-state index contributed by atoms with van der Waals surface area (Å²) in [6, 6.07) is 18.7. The van der Waals surface area contributed by atoms with Crippen molar-refractivity contribution in [3.8, 4) is 11.5 Å². The van der Waals surface area contributed by atoms with Crippen LogP contribution in [0.2, 0.25) is 0 Å². The van der Waals surface area contributed by atoms with Crippen molar-refractivity contribution >= 4 is 22.5 Å². The Morgan fingerprint density at radius 3 is 2.68 bits per heavy atom. The van der Waals surface area contributed by atoms with E-state index in [2.05, 4.69) is 15.5 Å². The van der Waals surface area contributed by atoms with Gasteiger partial charge in [-0.1, -0.05) is 43.3 Å². The van der Waals surface area contributed by atoms with Crippen molar-refractivity contribution in [1.29, 1.82) is 0 Å². The number of pyridine rings is 1. The molecule has 1 N–H and O–H groups in total. The monoisotopic (exact) mass is 417 g/mol. The highest BCUT2D eigenvalue weighted by Gasteiger charge is 2.16. The van der Waals surface area contributed by atoms with Crippen LogP contribution in [0.15, 0.2) is 65.2 Å². The molecule has 0 saturated carbocycles. The number of carbonyl (C=O) groups is 1. The number of hydrogen-bond acceptors (Lipinski definition) is 6. The van der Waals surface area contributed by atoms with Gasteiger partial charge in [0.05, 0.1) is 24.0 Å². The minimum absolute atomic E-state index is 0.155. The lowest BCUT2D eigenvalue weighted by molar-refractivity contribution is 0.0987. The SMILES string of the molecule is COc1ccc(NC(=O)c2cc(C(C)C)no2)cc1OCc1ccc2ccccc2n1. The number of anilines is 1. The zero-order valence-electron chi connectivity index (χ0n) is 17.6. The molecule has 0 aliphatic heterocycles. The average Bonchev–Trinajstić information content (AvgIpc) is 3.29. The Balaban J connectivity index is 1.49. The smallest absolute Gasteiger partial charge is 0.294 e. The average molecular weight is 417 g/mol. The first-order chi connectivity index (χ1) is 15.0. The molecular formula is C24H23N3O4. The van der Waals surface area contributed by atoms with E-state index in [1.54, 1.807) is 31.4 Å². The Morgan fingerprint density at radius 1 is 1.06 bits per heavy atom. The summed E-state index contributed by atoms with van der Waals surface area (Å²) in [6.45, 7) is 4.23. The van der Waals surface area contributed by atoms with Gasteiger partial charge in [0, 0.05) is 23.2 Å². The Labute approximate surface area is 180 Å². The molecule has 0 atom stereocenters. The van der Waals surface area contributed by atoms with Crippen LogP contribution in [0.1, 0.15) is 41.7 Å². The van der Waals surface area contributed by atoms with Crippen LogP contribution in [-0.4, -0.2) is 23.2 Å². The molecule has 158 valence electrons. The van der Waals surface area contributed by atoms with E-state index in [0.29, 0.717) is 17.2 Å². The summed E-state index contributed by atoms with van der Waals surface area (Å²) in [5.74, 6) is 1.00. The van der Waals surface area contributed by atoms with Gasteiger partial charge in [-0.25, -0.2) is 4.98 Å². The number of methoxy groups -OCH3 is 1. The summed E-state index contributed by atoms with van der Waals surface area (Å²) in [7, 11) is 1.57. The van der Waals surface area contributed by atoms with Crippen LogP contribution >= 0.6 is 0 Å². The molecule has 0 bridgehead atoms.